The van der Waals surface area contributed by atoms with Crippen molar-refractivity contribution in [3.05, 3.63) is 47.0 Å². The van der Waals surface area contributed by atoms with Crippen LogP contribution in [0.4, 0.5) is 0 Å². The monoisotopic (exact) mass is 288 g/mol. The van der Waals surface area contributed by atoms with Crippen LogP contribution in [0.1, 0.15) is 22.8 Å². The summed E-state index contributed by atoms with van der Waals surface area (Å²) >= 11 is 0. The first kappa shape index (κ1) is 16.3. The maximum absolute atomic E-state index is 12.3. The largest absolute Gasteiger partial charge is 0.488 e. The van der Waals surface area contributed by atoms with Gasteiger partial charge in [-0.15, -0.1) is 0 Å². The molecule has 0 radical (unpaired) electrons. The van der Waals surface area contributed by atoms with E-state index in [4.69, 9.17) is 10.3 Å². The molecule has 0 fully saturated rings. The number of esters is 1. The molecular weight excluding hydrogens is 272 g/mol. The zero-order chi connectivity index (χ0) is 15.8. The van der Waals surface area contributed by atoms with Crippen molar-refractivity contribution in [1.29, 1.82) is 0 Å². The molecular formula is C15H16N2O4. The Bertz CT molecular complexity index is 629. The molecule has 0 saturated carbocycles. The third-order valence-electron chi connectivity index (χ3n) is 2.71. The summed E-state index contributed by atoms with van der Waals surface area (Å²) in [6.07, 6.45) is 3.59. The summed E-state index contributed by atoms with van der Waals surface area (Å²) in [5, 5.41) is 0. The van der Waals surface area contributed by atoms with E-state index in [1.165, 1.54) is 6.07 Å². The van der Waals surface area contributed by atoms with Crippen molar-refractivity contribution in [3.63, 3.8) is 0 Å². The number of hydrogen-bond acceptors (Lipinski definition) is 4. The highest BCUT2D eigenvalue weighted by Gasteiger charge is 2.33. The first-order valence-corrected chi connectivity index (χ1v) is 6.25. The van der Waals surface area contributed by atoms with Gasteiger partial charge < -0.3 is 15.0 Å². The molecule has 0 N–H and O–H groups in total. The van der Waals surface area contributed by atoms with Crippen LogP contribution in [0.5, 0.6) is 5.75 Å². The normalized spacial score (nSPS) is 10.0. The lowest BCUT2D eigenvalue weighted by atomic mass is 10.0. The Morgan fingerprint density at radius 3 is 2.67 bits per heavy atom. The third-order valence-corrected chi connectivity index (χ3v) is 2.71. The van der Waals surface area contributed by atoms with Crippen LogP contribution >= 0.6 is 0 Å². The maximum atomic E-state index is 12.3. The number of ether oxygens (including phenoxy) is 2. The number of ketones is 1. The number of methoxy groups -OCH3 is 1. The van der Waals surface area contributed by atoms with E-state index in [0.717, 1.165) is 12.7 Å². The molecule has 21 heavy (non-hydrogen) atoms. The van der Waals surface area contributed by atoms with Crippen LogP contribution in [-0.2, 0) is 9.53 Å². The number of carbonyl (C=O) groups excluding carboxylic acids is 2. The van der Waals surface area contributed by atoms with Gasteiger partial charge in [-0.25, -0.2) is 4.79 Å². The van der Waals surface area contributed by atoms with E-state index in [2.05, 4.69) is 9.53 Å². The van der Waals surface area contributed by atoms with E-state index in [1.54, 1.807) is 25.1 Å². The minimum atomic E-state index is -1.01. The van der Waals surface area contributed by atoms with Gasteiger partial charge in [0.1, 0.15) is 12.4 Å². The molecule has 0 aliphatic rings. The molecule has 6 nitrogen and oxygen atoms in total. The molecule has 0 atom stereocenters. The number of nitrogens with zero attached hydrogens (tertiary/aromatic N) is 2. The fraction of sp³-hybridized carbons (Fsp3) is 0.267. The summed E-state index contributed by atoms with van der Waals surface area (Å²) in [6, 6.07) is 4.92. The van der Waals surface area contributed by atoms with Crippen molar-refractivity contribution in [2.24, 2.45) is 0 Å². The zero-order valence-electron chi connectivity index (χ0n) is 12.1. The van der Waals surface area contributed by atoms with Crippen LogP contribution in [0.2, 0.25) is 0 Å². The molecule has 0 spiro atoms. The highest BCUT2D eigenvalue weighted by atomic mass is 16.5. The van der Waals surface area contributed by atoms with Gasteiger partial charge in [-0.3, -0.25) is 4.79 Å². The van der Waals surface area contributed by atoms with Crippen molar-refractivity contribution in [1.82, 2.24) is 0 Å². The molecule has 0 amide bonds. The summed E-state index contributed by atoms with van der Waals surface area (Å²) in [4.78, 5) is 26.4. The molecule has 1 aromatic carbocycles. The average molecular weight is 288 g/mol. The van der Waals surface area contributed by atoms with Crippen molar-refractivity contribution in [3.8, 4) is 5.75 Å². The van der Waals surface area contributed by atoms with Crippen LogP contribution in [0.15, 0.2) is 30.4 Å². The fourth-order valence-corrected chi connectivity index (χ4v) is 1.65. The van der Waals surface area contributed by atoms with E-state index in [1.807, 2.05) is 13.0 Å². The van der Waals surface area contributed by atoms with E-state index >= 15 is 0 Å². The van der Waals surface area contributed by atoms with Crippen molar-refractivity contribution in [2.45, 2.75) is 13.8 Å². The maximum Gasteiger partial charge on any atom is 0.446 e. The fourth-order valence-electron chi connectivity index (χ4n) is 1.65. The van der Waals surface area contributed by atoms with E-state index in [0.29, 0.717) is 5.75 Å². The number of Topliss-reactive ketones (excluding diaryl/α,β-unsaturated/α-hetero) is 1. The predicted octanol–water partition coefficient (Wildman–Crippen LogP) is 1.98. The Morgan fingerprint density at radius 1 is 1.38 bits per heavy atom. The molecule has 6 heteroatoms. The molecule has 1 rings (SSSR count). The van der Waals surface area contributed by atoms with Crippen LogP contribution in [0, 0.1) is 6.92 Å². The van der Waals surface area contributed by atoms with Gasteiger partial charge in [-0.2, -0.15) is 4.79 Å². The van der Waals surface area contributed by atoms with Gasteiger partial charge in [0.05, 0.1) is 12.7 Å². The van der Waals surface area contributed by atoms with E-state index in [9.17, 15) is 9.59 Å². The standard InChI is InChI=1S/C15H16N2O4/c1-4-5-9-21-14-10(2)7-6-8-11(14)13(18)12(17-16)15(19)20-3/h4-8H,9H2,1-3H3/b5-4-. The molecule has 0 saturated heterocycles. The quantitative estimate of drug-likeness (QED) is 0.152. The number of benzene rings is 1. The lowest BCUT2D eigenvalue weighted by Gasteiger charge is -2.10. The first-order valence-electron chi connectivity index (χ1n) is 6.25. The van der Waals surface area contributed by atoms with Crippen LogP contribution < -0.4 is 4.74 Å². The molecule has 0 heterocycles. The topological polar surface area (TPSA) is 89.0 Å². The number of aryl methyl sites for hydroxylation is 1. The SMILES string of the molecule is C/C=C\COc1c(C)cccc1C(=O)C(=[N+]=[N-])C(=O)OC. The zero-order valence-corrected chi connectivity index (χ0v) is 12.1. The van der Waals surface area contributed by atoms with Crippen molar-refractivity contribution in [2.75, 3.05) is 13.7 Å². The van der Waals surface area contributed by atoms with Crippen molar-refractivity contribution >= 4 is 17.5 Å². The lowest BCUT2D eigenvalue weighted by molar-refractivity contribution is -0.137. The van der Waals surface area contributed by atoms with Gasteiger partial charge in [0, 0.05) is 0 Å². The smallest absolute Gasteiger partial charge is 0.446 e. The van der Waals surface area contributed by atoms with Crippen LogP contribution in [0.3, 0.4) is 0 Å². The highest BCUT2D eigenvalue weighted by Crippen LogP contribution is 2.24. The highest BCUT2D eigenvalue weighted by molar-refractivity contribution is 6.65. The van der Waals surface area contributed by atoms with Gasteiger partial charge in [0.25, 0.3) is 5.78 Å². The summed E-state index contributed by atoms with van der Waals surface area (Å²) in [5.74, 6) is -1.43. The van der Waals surface area contributed by atoms with Gasteiger partial charge in [-0.1, -0.05) is 24.3 Å². The first-order chi connectivity index (χ1) is 10.1. The minimum Gasteiger partial charge on any atom is -0.488 e. The number of rotatable bonds is 6. The van der Waals surface area contributed by atoms with Gasteiger partial charge in [0.15, 0.2) is 0 Å². The molecule has 0 bridgehead atoms. The average Bonchev–Trinajstić information content (AvgIpc) is 2.49. The summed E-state index contributed by atoms with van der Waals surface area (Å²) in [5.41, 5.74) is 9.02. The Kier molecular flexibility index (Phi) is 6.04. The number of carbonyl (C=O) groups is 2. The van der Waals surface area contributed by atoms with Gasteiger partial charge >= 0.3 is 11.7 Å². The van der Waals surface area contributed by atoms with Crippen molar-refractivity contribution < 1.29 is 23.9 Å². The minimum absolute atomic E-state index is 0.137. The number of para-hydroxylation sites is 1. The van der Waals surface area contributed by atoms with E-state index < -0.39 is 17.5 Å². The van der Waals surface area contributed by atoms with Crippen LogP contribution in [0.25, 0.3) is 5.53 Å². The van der Waals surface area contributed by atoms with Crippen LogP contribution in [-0.4, -0.2) is 36.0 Å². The summed E-state index contributed by atoms with van der Waals surface area (Å²) in [7, 11) is 1.10. The van der Waals surface area contributed by atoms with Gasteiger partial charge in [-0.05, 0) is 25.5 Å². The molecule has 0 aromatic heterocycles. The second-order valence-electron chi connectivity index (χ2n) is 4.10. The Hall–Kier alpha value is -2.72. The Morgan fingerprint density at radius 2 is 2.10 bits per heavy atom. The molecule has 1 aromatic rings. The predicted molar refractivity (Wildman–Crippen MR) is 76.5 cm³/mol. The summed E-state index contributed by atoms with van der Waals surface area (Å²) < 4.78 is 9.95. The number of allylic oxidation sites excluding steroid dienone is 1. The second kappa shape index (κ2) is 7.77. The Balaban J connectivity index is 3.23. The Labute approximate surface area is 122 Å². The lowest BCUT2D eigenvalue weighted by Crippen LogP contribution is -2.27. The molecule has 0 aliphatic heterocycles. The molecule has 110 valence electrons. The van der Waals surface area contributed by atoms with E-state index in [-0.39, 0.29) is 12.2 Å². The third kappa shape index (κ3) is 3.87. The van der Waals surface area contributed by atoms with Gasteiger partial charge in [0.2, 0.25) is 0 Å². The second-order valence-corrected chi connectivity index (χ2v) is 4.10. The molecule has 0 unspecified atom stereocenters. The number of hydrogen-bond donors (Lipinski definition) is 0. The molecule has 0 aliphatic carbocycles. The summed E-state index contributed by atoms with van der Waals surface area (Å²) in [6.45, 7) is 3.90.